The van der Waals surface area contributed by atoms with Crippen molar-refractivity contribution in [1.82, 2.24) is 19.8 Å². The van der Waals surface area contributed by atoms with Gasteiger partial charge in [0.25, 0.3) is 11.8 Å². The monoisotopic (exact) mass is 415 g/mol. The molecule has 158 valence electrons. The van der Waals surface area contributed by atoms with Gasteiger partial charge in [0, 0.05) is 61.6 Å². The van der Waals surface area contributed by atoms with Gasteiger partial charge in [-0.15, -0.1) is 0 Å². The van der Waals surface area contributed by atoms with Gasteiger partial charge in [-0.3, -0.25) is 19.4 Å². The van der Waals surface area contributed by atoms with Crippen molar-refractivity contribution in [3.05, 3.63) is 66.0 Å². The number of nitrogens with zero attached hydrogens (tertiary/aromatic N) is 5. The average molecular weight is 415 g/mol. The summed E-state index contributed by atoms with van der Waals surface area (Å²) in [6.45, 7) is 5.18. The number of piperazine rings is 1. The summed E-state index contributed by atoms with van der Waals surface area (Å²) < 4.78 is 0. The van der Waals surface area contributed by atoms with Crippen molar-refractivity contribution in [3.8, 4) is 0 Å². The Bertz CT molecular complexity index is 1060. The third-order valence-corrected chi connectivity index (χ3v) is 6.17. The molecule has 0 atom stereocenters. The van der Waals surface area contributed by atoms with E-state index in [9.17, 15) is 9.59 Å². The molecule has 0 aliphatic carbocycles. The number of imide groups is 1. The van der Waals surface area contributed by atoms with E-state index < -0.39 is 0 Å². The Morgan fingerprint density at radius 2 is 1.35 bits per heavy atom. The number of hydrogen-bond donors (Lipinski definition) is 0. The molecule has 2 aliphatic heterocycles. The number of carbonyl (C=O) groups is 2. The molecule has 0 saturated carbocycles. The minimum atomic E-state index is -0.175. The molecule has 0 spiro atoms. The third-order valence-electron chi connectivity index (χ3n) is 6.17. The van der Waals surface area contributed by atoms with Crippen LogP contribution in [0.4, 0.5) is 5.95 Å². The van der Waals surface area contributed by atoms with Gasteiger partial charge in [0.15, 0.2) is 0 Å². The molecule has 31 heavy (non-hydrogen) atoms. The van der Waals surface area contributed by atoms with Crippen molar-refractivity contribution in [2.24, 2.45) is 0 Å². The molecule has 7 nitrogen and oxygen atoms in total. The van der Waals surface area contributed by atoms with E-state index in [1.165, 1.54) is 4.90 Å². The van der Waals surface area contributed by atoms with Crippen molar-refractivity contribution < 1.29 is 9.59 Å². The minimum Gasteiger partial charge on any atom is -0.338 e. The summed E-state index contributed by atoms with van der Waals surface area (Å²) in [4.78, 5) is 40.6. The standard InChI is InChI=1S/C24H25N5O2/c30-22-19-8-3-6-18-7-4-9-20(21(18)19)23(31)29(22)13-2-1-12-27-14-16-28(17-15-27)24-25-10-5-11-26-24/h3-11H,1-2,12-17H2. The van der Waals surface area contributed by atoms with Crippen molar-refractivity contribution in [2.45, 2.75) is 12.8 Å². The van der Waals surface area contributed by atoms with Crippen LogP contribution in [0.3, 0.4) is 0 Å². The molecule has 1 fully saturated rings. The van der Waals surface area contributed by atoms with Gasteiger partial charge in [-0.05, 0) is 43.0 Å². The first-order chi connectivity index (χ1) is 15.2. The summed E-state index contributed by atoms with van der Waals surface area (Å²) in [6, 6.07) is 13.1. The van der Waals surface area contributed by atoms with E-state index in [1.807, 2.05) is 42.5 Å². The second kappa shape index (κ2) is 8.43. The Morgan fingerprint density at radius 1 is 0.742 bits per heavy atom. The lowest BCUT2D eigenvalue weighted by Crippen LogP contribution is -2.47. The lowest BCUT2D eigenvalue weighted by molar-refractivity contribution is 0.0606. The van der Waals surface area contributed by atoms with E-state index >= 15 is 0 Å². The zero-order valence-corrected chi connectivity index (χ0v) is 17.4. The summed E-state index contributed by atoms with van der Waals surface area (Å²) in [5, 5.41) is 1.73. The second-order valence-corrected chi connectivity index (χ2v) is 8.06. The largest absolute Gasteiger partial charge is 0.338 e. The molecule has 7 heteroatoms. The first-order valence-electron chi connectivity index (χ1n) is 10.8. The van der Waals surface area contributed by atoms with E-state index in [2.05, 4.69) is 19.8 Å². The van der Waals surface area contributed by atoms with Crippen molar-refractivity contribution in [1.29, 1.82) is 0 Å². The molecule has 0 radical (unpaired) electrons. The van der Waals surface area contributed by atoms with Crippen LogP contribution in [0.1, 0.15) is 33.6 Å². The van der Waals surface area contributed by atoms with E-state index in [4.69, 9.17) is 0 Å². The molecule has 2 aliphatic rings. The number of carbonyl (C=O) groups excluding carboxylic acids is 2. The van der Waals surface area contributed by atoms with Gasteiger partial charge in [0.05, 0.1) is 0 Å². The topological polar surface area (TPSA) is 69.6 Å². The molecule has 1 aromatic heterocycles. The molecule has 3 aromatic rings. The quantitative estimate of drug-likeness (QED) is 0.456. The van der Waals surface area contributed by atoms with Crippen molar-refractivity contribution in [3.63, 3.8) is 0 Å². The van der Waals surface area contributed by atoms with Crippen LogP contribution in [0.5, 0.6) is 0 Å². The van der Waals surface area contributed by atoms with Gasteiger partial charge < -0.3 is 4.90 Å². The molecule has 5 rings (SSSR count). The summed E-state index contributed by atoms with van der Waals surface area (Å²) in [5.74, 6) is 0.441. The van der Waals surface area contributed by atoms with E-state index in [0.29, 0.717) is 17.7 Å². The molecule has 3 heterocycles. The van der Waals surface area contributed by atoms with Gasteiger partial charge in [-0.1, -0.05) is 24.3 Å². The maximum atomic E-state index is 13.0. The molecule has 0 unspecified atom stereocenters. The van der Waals surface area contributed by atoms with Crippen LogP contribution in [0, 0.1) is 0 Å². The molecule has 2 amide bonds. The molecular formula is C24H25N5O2. The van der Waals surface area contributed by atoms with Crippen molar-refractivity contribution >= 4 is 28.5 Å². The fraction of sp³-hybridized carbons (Fsp3) is 0.333. The summed E-state index contributed by atoms with van der Waals surface area (Å²) in [7, 11) is 0. The minimum absolute atomic E-state index is 0.175. The number of aromatic nitrogens is 2. The highest BCUT2D eigenvalue weighted by Crippen LogP contribution is 2.30. The van der Waals surface area contributed by atoms with Gasteiger partial charge in [0.1, 0.15) is 0 Å². The summed E-state index contributed by atoms with van der Waals surface area (Å²) >= 11 is 0. The SMILES string of the molecule is O=C1c2cccc3cccc(c23)C(=O)N1CCCCN1CCN(c2ncccn2)CC1. The van der Waals surface area contributed by atoms with E-state index in [0.717, 1.165) is 62.3 Å². The number of hydrogen-bond acceptors (Lipinski definition) is 6. The highest BCUT2D eigenvalue weighted by atomic mass is 16.2. The van der Waals surface area contributed by atoms with Gasteiger partial charge >= 0.3 is 0 Å². The van der Waals surface area contributed by atoms with E-state index in [1.54, 1.807) is 12.4 Å². The predicted molar refractivity (Wildman–Crippen MR) is 119 cm³/mol. The molecule has 1 saturated heterocycles. The maximum Gasteiger partial charge on any atom is 0.261 e. The molecule has 0 N–H and O–H groups in total. The van der Waals surface area contributed by atoms with Crippen LogP contribution in [0.25, 0.3) is 10.8 Å². The maximum absolute atomic E-state index is 13.0. The van der Waals surface area contributed by atoms with E-state index in [-0.39, 0.29) is 11.8 Å². The van der Waals surface area contributed by atoms with Gasteiger partial charge in [-0.2, -0.15) is 0 Å². The summed E-state index contributed by atoms with van der Waals surface area (Å²) in [5.41, 5.74) is 1.26. The Balaban J connectivity index is 1.14. The van der Waals surface area contributed by atoms with Crippen LogP contribution in [0.2, 0.25) is 0 Å². The number of rotatable bonds is 6. The number of amides is 2. The highest BCUT2D eigenvalue weighted by molar-refractivity contribution is 6.25. The van der Waals surface area contributed by atoms with Crippen LogP contribution in [-0.2, 0) is 0 Å². The first-order valence-corrected chi connectivity index (χ1v) is 10.8. The fourth-order valence-electron chi connectivity index (χ4n) is 4.51. The molecular weight excluding hydrogens is 390 g/mol. The smallest absolute Gasteiger partial charge is 0.261 e. The number of anilines is 1. The zero-order valence-electron chi connectivity index (χ0n) is 17.4. The Morgan fingerprint density at radius 3 is 2.00 bits per heavy atom. The predicted octanol–water partition coefficient (Wildman–Crippen LogP) is 2.83. The second-order valence-electron chi connectivity index (χ2n) is 8.06. The van der Waals surface area contributed by atoms with Gasteiger partial charge in [0.2, 0.25) is 5.95 Å². The average Bonchev–Trinajstić information content (AvgIpc) is 2.83. The summed E-state index contributed by atoms with van der Waals surface area (Å²) in [6.07, 6.45) is 5.30. The number of benzene rings is 2. The Kier molecular flexibility index (Phi) is 5.34. The van der Waals surface area contributed by atoms with Crippen LogP contribution in [-0.4, -0.2) is 70.9 Å². The van der Waals surface area contributed by atoms with Crippen LogP contribution < -0.4 is 4.90 Å². The first kappa shape index (κ1) is 19.6. The van der Waals surface area contributed by atoms with Gasteiger partial charge in [-0.25, -0.2) is 9.97 Å². The Labute approximate surface area is 181 Å². The molecule has 0 bridgehead atoms. The number of unbranched alkanes of at least 4 members (excludes halogenated alkanes) is 1. The lowest BCUT2D eigenvalue weighted by Gasteiger charge is -2.34. The van der Waals surface area contributed by atoms with Crippen molar-refractivity contribution in [2.75, 3.05) is 44.2 Å². The Hall–Kier alpha value is -3.32. The third kappa shape index (κ3) is 3.77. The highest BCUT2D eigenvalue weighted by Gasteiger charge is 2.32. The van der Waals surface area contributed by atoms with Crippen LogP contribution >= 0.6 is 0 Å². The lowest BCUT2D eigenvalue weighted by atomic mass is 9.94. The zero-order chi connectivity index (χ0) is 21.2. The fourth-order valence-corrected chi connectivity index (χ4v) is 4.51. The molecule has 2 aromatic carbocycles. The normalized spacial score (nSPS) is 16.9. The van der Waals surface area contributed by atoms with Crippen LogP contribution in [0.15, 0.2) is 54.9 Å².